The molecule has 0 spiro atoms. The topological polar surface area (TPSA) is 74.7 Å². The highest BCUT2D eigenvalue weighted by molar-refractivity contribution is 5.20. The monoisotopic (exact) mass is 234 g/mol. The summed E-state index contributed by atoms with van der Waals surface area (Å²) in [6.45, 7) is 1.02. The van der Waals surface area contributed by atoms with E-state index in [-0.39, 0.29) is 6.61 Å². The number of unbranched alkanes of at least 4 members (excludes halogenated alkanes) is 1. The fourth-order valence-electron chi connectivity index (χ4n) is 2.22. The second kappa shape index (κ2) is 5.78. The van der Waals surface area contributed by atoms with Gasteiger partial charge in [0.1, 0.15) is 5.69 Å². The summed E-state index contributed by atoms with van der Waals surface area (Å²) >= 11 is 0. The minimum atomic E-state index is 0.221. The quantitative estimate of drug-likeness (QED) is 0.755. The number of nitrogens with zero attached hydrogens (tertiary/aromatic N) is 4. The molecular formula is C12H18N4O. The van der Waals surface area contributed by atoms with E-state index in [9.17, 15) is 0 Å². The van der Waals surface area contributed by atoms with Gasteiger partial charge in [-0.15, -0.1) is 5.10 Å². The molecule has 17 heavy (non-hydrogen) atoms. The Bertz CT molecular complexity index is 403. The summed E-state index contributed by atoms with van der Waals surface area (Å²) in [5.74, 6) is 0.544. The molecule has 1 saturated carbocycles. The number of aliphatic hydroxyl groups is 1. The third-order valence-corrected chi connectivity index (χ3v) is 3.36. The Kier molecular flexibility index (Phi) is 4.10. The Balaban J connectivity index is 2.10. The van der Waals surface area contributed by atoms with Crippen LogP contribution in [0.3, 0.4) is 0 Å². The number of rotatable bonds is 6. The summed E-state index contributed by atoms with van der Waals surface area (Å²) in [7, 11) is 0. The van der Waals surface area contributed by atoms with Gasteiger partial charge in [0.2, 0.25) is 0 Å². The van der Waals surface area contributed by atoms with Gasteiger partial charge in [0, 0.05) is 19.1 Å². The lowest BCUT2D eigenvalue weighted by atomic mass is 9.81. The van der Waals surface area contributed by atoms with Crippen molar-refractivity contribution in [1.29, 1.82) is 5.26 Å². The molecule has 0 atom stereocenters. The van der Waals surface area contributed by atoms with Gasteiger partial charge in [-0.2, -0.15) is 5.26 Å². The lowest BCUT2D eigenvalue weighted by Gasteiger charge is -2.26. The molecule has 0 aromatic carbocycles. The first kappa shape index (κ1) is 12.1. The maximum absolute atomic E-state index is 8.78. The zero-order valence-electron chi connectivity index (χ0n) is 9.97. The molecule has 0 saturated heterocycles. The van der Waals surface area contributed by atoms with Crippen molar-refractivity contribution < 1.29 is 5.11 Å². The number of hydrogen-bond donors (Lipinski definition) is 1. The molecule has 1 fully saturated rings. The lowest BCUT2D eigenvalue weighted by molar-refractivity contribution is 0.278. The van der Waals surface area contributed by atoms with Crippen molar-refractivity contribution in [2.75, 3.05) is 6.61 Å². The van der Waals surface area contributed by atoms with Crippen molar-refractivity contribution in [3.8, 4) is 6.07 Å². The molecule has 1 aliphatic rings. The van der Waals surface area contributed by atoms with Gasteiger partial charge in [-0.05, 0) is 25.7 Å². The zero-order valence-corrected chi connectivity index (χ0v) is 9.97. The van der Waals surface area contributed by atoms with E-state index < -0.39 is 0 Å². The molecule has 0 unspecified atom stereocenters. The standard InChI is InChI=1S/C12H18N4O/c13-7-6-11-12(10-4-3-5-10)16(15-14-11)8-1-2-9-17/h10,17H,1-6,8-9H2. The van der Waals surface area contributed by atoms with Gasteiger partial charge in [0.05, 0.1) is 18.2 Å². The molecule has 1 aromatic heterocycles. The minimum Gasteiger partial charge on any atom is -0.396 e. The van der Waals surface area contributed by atoms with Crippen LogP contribution in [0.2, 0.25) is 0 Å². The first-order valence-electron chi connectivity index (χ1n) is 6.27. The Morgan fingerprint density at radius 2 is 2.24 bits per heavy atom. The van der Waals surface area contributed by atoms with Crippen molar-refractivity contribution in [1.82, 2.24) is 15.0 Å². The average molecular weight is 234 g/mol. The van der Waals surface area contributed by atoms with E-state index in [1.165, 1.54) is 19.3 Å². The van der Waals surface area contributed by atoms with Crippen molar-refractivity contribution in [2.45, 2.75) is 51.0 Å². The largest absolute Gasteiger partial charge is 0.396 e. The fourth-order valence-corrected chi connectivity index (χ4v) is 2.22. The van der Waals surface area contributed by atoms with Crippen LogP contribution >= 0.6 is 0 Å². The summed E-state index contributed by atoms with van der Waals surface area (Å²) in [5.41, 5.74) is 2.01. The summed E-state index contributed by atoms with van der Waals surface area (Å²) in [6, 6.07) is 2.15. The van der Waals surface area contributed by atoms with E-state index in [1.807, 2.05) is 4.68 Å². The Hall–Kier alpha value is -1.41. The van der Waals surface area contributed by atoms with E-state index >= 15 is 0 Å². The van der Waals surface area contributed by atoms with Crippen LogP contribution in [-0.4, -0.2) is 26.7 Å². The third kappa shape index (κ3) is 2.64. The van der Waals surface area contributed by atoms with Crippen molar-refractivity contribution in [3.05, 3.63) is 11.4 Å². The minimum absolute atomic E-state index is 0.221. The summed E-state index contributed by atoms with van der Waals surface area (Å²) in [6.07, 6.45) is 5.69. The van der Waals surface area contributed by atoms with Crippen molar-refractivity contribution in [3.63, 3.8) is 0 Å². The van der Waals surface area contributed by atoms with Gasteiger partial charge in [0.25, 0.3) is 0 Å². The SMILES string of the molecule is N#CCc1nnn(CCCCO)c1C1CCC1. The van der Waals surface area contributed by atoms with E-state index in [2.05, 4.69) is 16.4 Å². The number of nitriles is 1. The van der Waals surface area contributed by atoms with Crippen LogP contribution in [0.1, 0.15) is 49.4 Å². The Morgan fingerprint density at radius 3 is 2.82 bits per heavy atom. The second-order valence-corrected chi connectivity index (χ2v) is 4.54. The van der Waals surface area contributed by atoms with Gasteiger partial charge < -0.3 is 5.11 Å². The Morgan fingerprint density at radius 1 is 1.41 bits per heavy atom. The molecule has 5 nitrogen and oxygen atoms in total. The van der Waals surface area contributed by atoms with E-state index in [1.54, 1.807) is 0 Å². The highest BCUT2D eigenvalue weighted by Gasteiger charge is 2.27. The summed E-state index contributed by atoms with van der Waals surface area (Å²) in [4.78, 5) is 0. The fraction of sp³-hybridized carbons (Fsp3) is 0.750. The molecule has 1 N–H and O–H groups in total. The lowest BCUT2D eigenvalue weighted by Crippen LogP contribution is -2.17. The van der Waals surface area contributed by atoms with Crippen LogP contribution < -0.4 is 0 Å². The maximum atomic E-state index is 8.78. The third-order valence-electron chi connectivity index (χ3n) is 3.36. The summed E-state index contributed by atoms with van der Waals surface area (Å²) < 4.78 is 1.94. The van der Waals surface area contributed by atoms with Gasteiger partial charge in [-0.1, -0.05) is 11.6 Å². The van der Waals surface area contributed by atoms with Gasteiger partial charge in [-0.25, -0.2) is 4.68 Å². The van der Waals surface area contributed by atoms with Gasteiger partial charge in [0.15, 0.2) is 0 Å². The zero-order chi connectivity index (χ0) is 12.1. The number of aromatic nitrogens is 3. The molecule has 92 valence electrons. The highest BCUT2D eigenvalue weighted by Crippen LogP contribution is 2.37. The first-order chi connectivity index (χ1) is 8.36. The van der Waals surface area contributed by atoms with Gasteiger partial charge >= 0.3 is 0 Å². The van der Waals surface area contributed by atoms with Crippen molar-refractivity contribution >= 4 is 0 Å². The van der Waals surface area contributed by atoms with Gasteiger partial charge in [-0.3, -0.25) is 0 Å². The van der Waals surface area contributed by atoms with Crippen LogP contribution in [0.15, 0.2) is 0 Å². The molecule has 1 aromatic rings. The molecular weight excluding hydrogens is 216 g/mol. The molecule has 2 rings (SSSR count). The smallest absolute Gasteiger partial charge is 0.100 e. The van der Waals surface area contributed by atoms with Crippen LogP contribution in [-0.2, 0) is 13.0 Å². The molecule has 5 heteroatoms. The number of hydrogen-bond acceptors (Lipinski definition) is 4. The highest BCUT2D eigenvalue weighted by atomic mass is 16.2. The molecule has 0 aliphatic heterocycles. The summed E-state index contributed by atoms with van der Waals surface area (Å²) in [5, 5.41) is 25.8. The molecule has 0 amide bonds. The van der Waals surface area contributed by atoms with E-state index in [4.69, 9.17) is 10.4 Å². The number of aliphatic hydroxyl groups excluding tert-OH is 1. The van der Waals surface area contributed by atoms with E-state index in [0.717, 1.165) is 30.8 Å². The second-order valence-electron chi connectivity index (χ2n) is 4.54. The van der Waals surface area contributed by atoms with Crippen LogP contribution in [0.4, 0.5) is 0 Å². The van der Waals surface area contributed by atoms with Crippen molar-refractivity contribution in [2.24, 2.45) is 0 Å². The number of aryl methyl sites for hydroxylation is 1. The predicted octanol–water partition coefficient (Wildman–Crippen LogP) is 1.38. The molecule has 0 radical (unpaired) electrons. The van der Waals surface area contributed by atoms with Crippen LogP contribution in [0.5, 0.6) is 0 Å². The molecule has 0 bridgehead atoms. The van der Waals surface area contributed by atoms with Crippen LogP contribution in [0, 0.1) is 11.3 Å². The van der Waals surface area contributed by atoms with E-state index in [0.29, 0.717) is 12.3 Å². The molecule has 1 aliphatic carbocycles. The maximum Gasteiger partial charge on any atom is 0.100 e. The molecule has 1 heterocycles. The Labute approximate surface area is 101 Å². The van der Waals surface area contributed by atoms with Crippen LogP contribution in [0.25, 0.3) is 0 Å². The normalized spacial score (nSPS) is 15.5. The predicted molar refractivity (Wildman–Crippen MR) is 62.3 cm³/mol. The average Bonchev–Trinajstić information content (AvgIpc) is 2.62. The first-order valence-corrected chi connectivity index (χ1v) is 6.27.